The van der Waals surface area contributed by atoms with Gasteiger partial charge in [-0.05, 0) is 6.92 Å². The van der Waals surface area contributed by atoms with Gasteiger partial charge in [-0.2, -0.15) is 0 Å². The van der Waals surface area contributed by atoms with E-state index in [-0.39, 0.29) is 6.61 Å². The van der Waals surface area contributed by atoms with Gasteiger partial charge >= 0.3 is 5.97 Å². The molecule has 0 heterocycles. The third-order valence-electron chi connectivity index (χ3n) is 1.05. The van der Waals surface area contributed by atoms with Crippen LogP contribution in [-0.4, -0.2) is 30.6 Å². The van der Waals surface area contributed by atoms with Crippen LogP contribution in [0.2, 0.25) is 0 Å². The molecule has 0 rings (SSSR count). The second kappa shape index (κ2) is 3.53. The molecule has 0 aromatic heterocycles. The molecule has 0 aliphatic heterocycles. The highest BCUT2D eigenvalue weighted by atomic mass is 16.7. The standard InChI is InChI=1S/C6H12O4/c1-4-10-5(7)6(2,8)9-3/h8H,4H2,1-3H3. The van der Waals surface area contributed by atoms with Crippen molar-refractivity contribution in [3.8, 4) is 0 Å². The monoisotopic (exact) mass is 148 g/mol. The summed E-state index contributed by atoms with van der Waals surface area (Å²) in [7, 11) is 1.23. The number of carbonyl (C=O) groups excluding carboxylic acids is 1. The summed E-state index contributed by atoms with van der Waals surface area (Å²) in [6.45, 7) is 3.12. The van der Waals surface area contributed by atoms with Crippen LogP contribution in [0.4, 0.5) is 0 Å². The Morgan fingerprint density at radius 3 is 2.50 bits per heavy atom. The molecular weight excluding hydrogens is 136 g/mol. The zero-order chi connectivity index (χ0) is 8.20. The molecule has 0 aromatic rings. The van der Waals surface area contributed by atoms with Crippen LogP contribution in [0.3, 0.4) is 0 Å². The summed E-state index contributed by atoms with van der Waals surface area (Å²) in [5.41, 5.74) is 0. The molecule has 60 valence electrons. The van der Waals surface area contributed by atoms with E-state index in [1.807, 2.05) is 0 Å². The third-order valence-corrected chi connectivity index (χ3v) is 1.05. The van der Waals surface area contributed by atoms with Gasteiger partial charge in [-0.3, -0.25) is 0 Å². The van der Waals surface area contributed by atoms with Crippen LogP contribution in [0.1, 0.15) is 13.8 Å². The van der Waals surface area contributed by atoms with Crippen molar-refractivity contribution >= 4 is 5.97 Å². The maximum Gasteiger partial charge on any atom is 0.366 e. The minimum atomic E-state index is -1.81. The maximum atomic E-state index is 10.7. The summed E-state index contributed by atoms with van der Waals surface area (Å²) < 4.78 is 8.92. The van der Waals surface area contributed by atoms with Crippen LogP contribution >= 0.6 is 0 Å². The quantitative estimate of drug-likeness (QED) is 0.448. The lowest BCUT2D eigenvalue weighted by atomic mass is 10.3. The molecule has 1 atom stereocenters. The van der Waals surface area contributed by atoms with Crippen molar-refractivity contribution in [1.29, 1.82) is 0 Å². The lowest BCUT2D eigenvalue weighted by Gasteiger charge is -2.17. The highest BCUT2D eigenvalue weighted by Gasteiger charge is 2.31. The fraction of sp³-hybridized carbons (Fsp3) is 0.833. The molecule has 0 aliphatic rings. The summed E-state index contributed by atoms with van der Waals surface area (Å²) in [5, 5.41) is 9.03. The second-order valence-electron chi connectivity index (χ2n) is 1.91. The summed E-state index contributed by atoms with van der Waals surface area (Å²) in [6, 6.07) is 0. The highest BCUT2D eigenvalue weighted by Crippen LogP contribution is 2.05. The van der Waals surface area contributed by atoms with Crippen LogP contribution in [0.5, 0.6) is 0 Å². The van der Waals surface area contributed by atoms with Crippen molar-refractivity contribution in [3.05, 3.63) is 0 Å². The maximum absolute atomic E-state index is 10.7. The predicted octanol–water partition coefficient (Wildman–Crippen LogP) is -0.0956. The molecule has 1 N–H and O–H groups in total. The zero-order valence-corrected chi connectivity index (χ0v) is 6.38. The van der Waals surface area contributed by atoms with Crippen molar-refractivity contribution in [2.45, 2.75) is 19.6 Å². The third kappa shape index (κ3) is 2.33. The molecule has 10 heavy (non-hydrogen) atoms. The van der Waals surface area contributed by atoms with Crippen LogP contribution < -0.4 is 0 Å². The van der Waals surface area contributed by atoms with Gasteiger partial charge in [0.1, 0.15) is 0 Å². The van der Waals surface area contributed by atoms with E-state index in [9.17, 15) is 4.79 Å². The largest absolute Gasteiger partial charge is 0.462 e. The Kier molecular flexibility index (Phi) is 3.32. The number of carbonyl (C=O) groups is 1. The highest BCUT2D eigenvalue weighted by molar-refractivity contribution is 5.76. The van der Waals surface area contributed by atoms with E-state index in [4.69, 9.17) is 5.11 Å². The van der Waals surface area contributed by atoms with Crippen LogP contribution in [0.25, 0.3) is 0 Å². The molecule has 0 saturated carbocycles. The molecule has 0 saturated heterocycles. The van der Waals surface area contributed by atoms with Crippen molar-refractivity contribution in [2.75, 3.05) is 13.7 Å². The Morgan fingerprint density at radius 1 is 1.70 bits per heavy atom. The number of hydrogen-bond donors (Lipinski definition) is 1. The van der Waals surface area contributed by atoms with Crippen LogP contribution in [0, 0.1) is 0 Å². The second-order valence-corrected chi connectivity index (χ2v) is 1.91. The van der Waals surface area contributed by atoms with E-state index in [0.717, 1.165) is 0 Å². The van der Waals surface area contributed by atoms with Crippen molar-refractivity contribution in [1.82, 2.24) is 0 Å². The molecule has 0 bridgehead atoms. The Morgan fingerprint density at radius 2 is 2.20 bits per heavy atom. The molecule has 1 unspecified atom stereocenters. The predicted molar refractivity (Wildman–Crippen MR) is 34.3 cm³/mol. The number of rotatable bonds is 3. The van der Waals surface area contributed by atoms with Gasteiger partial charge in [-0.1, -0.05) is 0 Å². The summed E-state index contributed by atoms with van der Waals surface area (Å²) in [5.74, 6) is -2.58. The van der Waals surface area contributed by atoms with E-state index >= 15 is 0 Å². The van der Waals surface area contributed by atoms with Gasteiger partial charge in [-0.25, -0.2) is 4.79 Å². The first-order chi connectivity index (χ1) is 4.54. The number of methoxy groups -OCH3 is 1. The van der Waals surface area contributed by atoms with E-state index in [0.29, 0.717) is 0 Å². The van der Waals surface area contributed by atoms with Crippen LogP contribution in [-0.2, 0) is 14.3 Å². The number of ether oxygens (including phenoxy) is 2. The molecule has 0 fully saturated rings. The molecule has 0 aliphatic carbocycles. The Labute approximate surface area is 59.7 Å². The summed E-state index contributed by atoms with van der Waals surface area (Å²) >= 11 is 0. The van der Waals surface area contributed by atoms with E-state index < -0.39 is 11.8 Å². The van der Waals surface area contributed by atoms with Gasteiger partial charge in [0.05, 0.1) is 6.61 Å². The topological polar surface area (TPSA) is 55.8 Å². The number of esters is 1. The van der Waals surface area contributed by atoms with Gasteiger partial charge in [0.25, 0.3) is 5.79 Å². The summed E-state index contributed by atoms with van der Waals surface area (Å²) in [6.07, 6.45) is 0. The zero-order valence-electron chi connectivity index (χ0n) is 6.38. The first-order valence-corrected chi connectivity index (χ1v) is 2.99. The first-order valence-electron chi connectivity index (χ1n) is 2.99. The lowest BCUT2D eigenvalue weighted by molar-refractivity contribution is -0.212. The molecule has 0 radical (unpaired) electrons. The minimum Gasteiger partial charge on any atom is -0.462 e. The van der Waals surface area contributed by atoms with E-state index in [1.165, 1.54) is 14.0 Å². The Bertz CT molecular complexity index is 119. The van der Waals surface area contributed by atoms with Crippen molar-refractivity contribution in [2.24, 2.45) is 0 Å². The first kappa shape index (κ1) is 9.39. The van der Waals surface area contributed by atoms with Crippen molar-refractivity contribution < 1.29 is 19.4 Å². The van der Waals surface area contributed by atoms with Crippen molar-refractivity contribution in [3.63, 3.8) is 0 Å². The average Bonchev–Trinajstić information content (AvgIpc) is 1.89. The molecule has 0 amide bonds. The fourth-order valence-corrected chi connectivity index (χ4v) is 0.348. The molecule has 0 aromatic carbocycles. The number of aliphatic hydroxyl groups is 1. The molecule has 0 spiro atoms. The van der Waals surface area contributed by atoms with Crippen LogP contribution in [0.15, 0.2) is 0 Å². The molecule has 4 nitrogen and oxygen atoms in total. The average molecular weight is 148 g/mol. The van der Waals surface area contributed by atoms with Gasteiger partial charge in [-0.15, -0.1) is 0 Å². The van der Waals surface area contributed by atoms with E-state index in [1.54, 1.807) is 6.92 Å². The van der Waals surface area contributed by atoms with E-state index in [2.05, 4.69) is 9.47 Å². The Hall–Kier alpha value is -0.610. The lowest BCUT2D eigenvalue weighted by Crippen LogP contribution is -2.38. The van der Waals surface area contributed by atoms with Gasteiger partial charge in [0, 0.05) is 14.0 Å². The normalized spacial score (nSPS) is 16.0. The summed E-state index contributed by atoms with van der Waals surface area (Å²) in [4.78, 5) is 10.7. The minimum absolute atomic E-state index is 0.234. The number of hydrogen-bond acceptors (Lipinski definition) is 4. The fourth-order valence-electron chi connectivity index (χ4n) is 0.348. The Balaban J connectivity index is 3.91. The SMILES string of the molecule is CCOC(=O)C(C)(O)OC. The van der Waals surface area contributed by atoms with Gasteiger partial charge in [0.15, 0.2) is 0 Å². The van der Waals surface area contributed by atoms with Gasteiger partial charge in [0.2, 0.25) is 0 Å². The molecule has 4 heteroatoms. The van der Waals surface area contributed by atoms with Gasteiger partial charge < -0.3 is 14.6 Å². The molecular formula is C6H12O4. The smallest absolute Gasteiger partial charge is 0.366 e.